The van der Waals surface area contributed by atoms with Gasteiger partial charge in [-0.25, -0.2) is 0 Å². The van der Waals surface area contributed by atoms with Crippen molar-refractivity contribution in [2.24, 2.45) is 0 Å². The Morgan fingerprint density at radius 2 is 1.14 bits per heavy atom. The number of rotatable bonds is 5. The van der Waals surface area contributed by atoms with E-state index in [1.807, 2.05) is 0 Å². The van der Waals surface area contributed by atoms with Crippen molar-refractivity contribution in [1.29, 1.82) is 0 Å². The van der Waals surface area contributed by atoms with Gasteiger partial charge in [0.1, 0.15) is 0 Å². The third-order valence-electron chi connectivity index (χ3n) is 4.23. The smallest absolute Gasteiger partial charge is 0.227 e. The van der Waals surface area contributed by atoms with E-state index in [1.54, 1.807) is 0 Å². The summed E-state index contributed by atoms with van der Waals surface area (Å²) in [4.78, 5) is 21.8. The molecule has 0 radical (unpaired) electrons. The highest BCUT2D eigenvalue weighted by Crippen LogP contribution is 2.44. The van der Waals surface area contributed by atoms with Gasteiger partial charge >= 0.3 is 0 Å². The molecule has 0 aromatic rings. The standard InChI is InChI=1S/C12H18Cl2N2O4S2/c13-7-1-3-11(9(5-7)15(17)18)21-22-12-4-2-8(14)6-10(12)16(19)20/h7-12H,1-6H2/t7-,8+,9-,10+,11+,12-. The molecule has 0 spiro atoms. The van der Waals surface area contributed by atoms with Crippen LogP contribution in [0.2, 0.25) is 0 Å². The van der Waals surface area contributed by atoms with E-state index < -0.39 is 12.1 Å². The normalized spacial score (nSPS) is 39.4. The third-order valence-corrected chi connectivity index (χ3v) is 8.54. The molecule has 2 rings (SSSR count). The minimum Gasteiger partial charge on any atom is -0.264 e. The van der Waals surface area contributed by atoms with Gasteiger partial charge in [-0.15, -0.1) is 23.2 Å². The highest BCUT2D eigenvalue weighted by atomic mass is 35.5. The van der Waals surface area contributed by atoms with Gasteiger partial charge in [-0.3, -0.25) is 20.2 Å². The highest BCUT2D eigenvalue weighted by Gasteiger charge is 2.42. The summed E-state index contributed by atoms with van der Waals surface area (Å²) in [5, 5.41) is 21.8. The molecule has 0 N–H and O–H groups in total. The van der Waals surface area contributed by atoms with E-state index in [0.717, 1.165) is 12.8 Å². The van der Waals surface area contributed by atoms with Crippen molar-refractivity contribution in [3.8, 4) is 0 Å². The van der Waals surface area contributed by atoms with Crippen LogP contribution in [-0.2, 0) is 0 Å². The molecule has 0 heterocycles. The molecule has 2 fully saturated rings. The Hall–Kier alpha value is 0.0800. The Bertz CT molecular complexity index is 394. The van der Waals surface area contributed by atoms with Crippen molar-refractivity contribution in [1.82, 2.24) is 0 Å². The average molecular weight is 389 g/mol. The van der Waals surface area contributed by atoms with Gasteiger partial charge in [-0.1, -0.05) is 21.6 Å². The van der Waals surface area contributed by atoms with Crippen molar-refractivity contribution >= 4 is 44.8 Å². The number of halogens is 2. The average Bonchev–Trinajstić information content (AvgIpc) is 2.46. The lowest BCUT2D eigenvalue weighted by Gasteiger charge is -2.31. The Morgan fingerprint density at radius 3 is 1.45 bits per heavy atom. The van der Waals surface area contributed by atoms with Gasteiger partial charge in [-0.05, 0) is 25.7 Å². The second-order valence-corrected chi connectivity index (χ2v) is 9.78. The van der Waals surface area contributed by atoms with E-state index in [0.29, 0.717) is 25.7 Å². The SMILES string of the molecule is O=[N+]([O-])[C@@H]1C[C@H](Cl)CC[C@@H]1SS[C@@H]1CC[C@H](Cl)C[C@@H]1[N+](=O)[O-]. The zero-order valence-corrected chi connectivity index (χ0v) is 15.0. The molecule has 0 aromatic carbocycles. The largest absolute Gasteiger partial charge is 0.264 e. The molecule has 2 aliphatic carbocycles. The molecule has 0 saturated heterocycles. The van der Waals surface area contributed by atoms with Crippen molar-refractivity contribution in [3.05, 3.63) is 20.2 Å². The predicted molar refractivity (Wildman–Crippen MR) is 91.3 cm³/mol. The summed E-state index contributed by atoms with van der Waals surface area (Å²) in [6.45, 7) is 0. The molecule has 6 nitrogen and oxygen atoms in total. The molecule has 0 aliphatic heterocycles. The summed E-state index contributed by atoms with van der Waals surface area (Å²) in [7, 11) is 2.87. The predicted octanol–water partition coefficient (Wildman–Crippen LogP) is 3.98. The van der Waals surface area contributed by atoms with Crippen LogP contribution in [0.25, 0.3) is 0 Å². The molecule has 0 unspecified atom stereocenters. The van der Waals surface area contributed by atoms with Crippen LogP contribution in [-0.4, -0.2) is 43.2 Å². The van der Waals surface area contributed by atoms with Crippen LogP contribution < -0.4 is 0 Å². The van der Waals surface area contributed by atoms with Crippen LogP contribution in [0.5, 0.6) is 0 Å². The van der Waals surface area contributed by atoms with Gasteiger partial charge in [-0.2, -0.15) is 0 Å². The van der Waals surface area contributed by atoms with E-state index in [4.69, 9.17) is 23.2 Å². The molecule has 2 saturated carbocycles. The first kappa shape index (κ1) is 18.4. The Labute approximate surface area is 146 Å². The van der Waals surface area contributed by atoms with Crippen LogP contribution >= 0.6 is 44.8 Å². The quantitative estimate of drug-likeness (QED) is 0.306. The zero-order chi connectivity index (χ0) is 16.3. The Balaban J connectivity index is 1.92. The van der Waals surface area contributed by atoms with Crippen molar-refractivity contribution in [3.63, 3.8) is 0 Å². The molecule has 6 atom stereocenters. The summed E-state index contributed by atoms with van der Waals surface area (Å²) in [6, 6.07) is -1.32. The molecule has 22 heavy (non-hydrogen) atoms. The molecule has 0 amide bonds. The van der Waals surface area contributed by atoms with E-state index in [-0.39, 0.29) is 31.1 Å². The first-order valence-corrected chi connectivity index (χ1v) is 10.4. The van der Waals surface area contributed by atoms with E-state index >= 15 is 0 Å². The maximum Gasteiger partial charge on any atom is 0.227 e. The Kier molecular flexibility index (Phi) is 6.91. The molecule has 2 aliphatic rings. The van der Waals surface area contributed by atoms with Gasteiger partial charge < -0.3 is 0 Å². The van der Waals surface area contributed by atoms with E-state index in [2.05, 4.69) is 0 Å². The van der Waals surface area contributed by atoms with Gasteiger partial charge in [0.2, 0.25) is 12.1 Å². The second-order valence-electron chi connectivity index (χ2n) is 5.80. The summed E-state index contributed by atoms with van der Waals surface area (Å²) in [5.41, 5.74) is 0. The van der Waals surface area contributed by atoms with Crippen LogP contribution in [0, 0.1) is 20.2 Å². The monoisotopic (exact) mass is 388 g/mol. The number of hydrogen-bond acceptors (Lipinski definition) is 6. The number of nitrogens with zero attached hydrogens (tertiary/aromatic N) is 2. The molecule has 0 aromatic heterocycles. The lowest BCUT2D eigenvalue weighted by molar-refractivity contribution is -0.524. The van der Waals surface area contributed by atoms with Gasteiger partial charge in [0.15, 0.2) is 0 Å². The topological polar surface area (TPSA) is 86.3 Å². The lowest BCUT2D eigenvalue weighted by Crippen LogP contribution is -2.40. The first-order valence-electron chi connectivity index (χ1n) is 7.25. The summed E-state index contributed by atoms with van der Waals surface area (Å²) in [5.74, 6) is 0. The molecular weight excluding hydrogens is 371 g/mol. The molecule has 0 bridgehead atoms. The van der Waals surface area contributed by atoms with Gasteiger partial charge in [0.05, 0.1) is 10.5 Å². The van der Waals surface area contributed by atoms with E-state index in [1.165, 1.54) is 21.6 Å². The second kappa shape index (κ2) is 8.26. The number of alkyl halides is 2. The van der Waals surface area contributed by atoms with Gasteiger partial charge in [0, 0.05) is 33.4 Å². The minimum atomic E-state index is -0.660. The maximum atomic E-state index is 11.2. The summed E-state index contributed by atoms with van der Waals surface area (Å²) in [6.07, 6.45) is 3.64. The van der Waals surface area contributed by atoms with Gasteiger partial charge in [0.25, 0.3) is 0 Å². The van der Waals surface area contributed by atoms with Crippen LogP contribution in [0.15, 0.2) is 0 Å². The van der Waals surface area contributed by atoms with Crippen LogP contribution in [0.1, 0.15) is 38.5 Å². The minimum absolute atomic E-state index is 0.129. The Morgan fingerprint density at radius 1 is 0.773 bits per heavy atom. The van der Waals surface area contributed by atoms with Crippen LogP contribution in [0.4, 0.5) is 0 Å². The van der Waals surface area contributed by atoms with Crippen LogP contribution in [0.3, 0.4) is 0 Å². The lowest BCUT2D eigenvalue weighted by atomic mass is 9.95. The fourth-order valence-corrected chi connectivity index (χ4v) is 7.20. The highest BCUT2D eigenvalue weighted by molar-refractivity contribution is 8.77. The fraction of sp³-hybridized carbons (Fsp3) is 1.00. The van der Waals surface area contributed by atoms with E-state index in [9.17, 15) is 20.2 Å². The number of nitro groups is 2. The van der Waals surface area contributed by atoms with Crippen molar-refractivity contribution in [2.75, 3.05) is 0 Å². The summed E-state index contributed by atoms with van der Waals surface area (Å²) >= 11 is 12.1. The third kappa shape index (κ3) is 4.79. The maximum absolute atomic E-state index is 11.2. The molecular formula is C12H18Cl2N2O4S2. The van der Waals surface area contributed by atoms with Crippen molar-refractivity contribution < 1.29 is 9.85 Å². The summed E-state index contributed by atoms with van der Waals surface area (Å²) < 4.78 is 0. The zero-order valence-electron chi connectivity index (χ0n) is 11.8. The number of hydrogen-bond donors (Lipinski definition) is 0. The van der Waals surface area contributed by atoms with Crippen molar-refractivity contribution in [2.45, 2.75) is 71.9 Å². The molecule has 10 heteroatoms. The first-order chi connectivity index (χ1) is 10.4. The molecule has 126 valence electrons. The fourth-order valence-electron chi connectivity index (χ4n) is 2.95.